The second-order valence-corrected chi connectivity index (χ2v) is 6.79. The Balaban J connectivity index is 2.40. The summed E-state index contributed by atoms with van der Waals surface area (Å²) in [6.45, 7) is 0.911. The fraction of sp³-hybridized carbons (Fsp3) is 0.500. The third-order valence-electron chi connectivity index (χ3n) is 2.98. The number of methoxy groups -OCH3 is 1. The summed E-state index contributed by atoms with van der Waals surface area (Å²) in [5, 5.41) is 2.65. The van der Waals surface area contributed by atoms with Gasteiger partial charge in [-0.25, -0.2) is 12.8 Å². The van der Waals surface area contributed by atoms with Crippen LogP contribution in [0.25, 0.3) is 0 Å². The van der Waals surface area contributed by atoms with E-state index in [1.165, 1.54) is 35.7 Å². The van der Waals surface area contributed by atoms with Gasteiger partial charge in [0.2, 0.25) is 15.9 Å². The summed E-state index contributed by atoms with van der Waals surface area (Å²) in [5.74, 6) is -0.599. The molecule has 0 spiro atoms. The molecule has 0 aliphatic carbocycles. The summed E-state index contributed by atoms with van der Waals surface area (Å²) < 4.78 is 42.0. The lowest BCUT2D eigenvalue weighted by Crippen LogP contribution is -2.40. The first kappa shape index (κ1) is 18.5. The minimum atomic E-state index is -3.34. The van der Waals surface area contributed by atoms with Crippen LogP contribution in [-0.2, 0) is 26.0 Å². The maximum absolute atomic E-state index is 12.8. The number of hydrogen-bond acceptors (Lipinski definition) is 4. The Labute approximate surface area is 130 Å². The van der Waals surface area contributed by atoms with Crippen LogP contribution >= 0.6 is 0 Å². The van der Waals surface area contributed by atoms with Gasteiger partial charge in [0.25, 0.3) is 0 Å². The maximum Gasteiger partial charge on any atom is 0.224 e. The van der Waals surface area contributed by atoms with Crippen molar-refractivity contribution in [1.82, 2.24) is 9.62 Å². The molecule has 1 N–H and O–H groups in total. The lowest BCUT2D eigenvalue weighted by Gasteiger charge is -2.19. The summed E-state index contributed by atoms with van der Waals surface area (Å²) in [4.78, 5) is 11.7. The maximum atomic E-state index is 12.8. The summed E-state index contributed by atoms with van der Waals surface area (Å²) in [7, 11) is -1.85. The van der Waals surface area contributed by atoms with Gasteiger partial charge in [-0.05, 0) is 17.7 Å². The van der Waals surface area contributed by atoms with Crippen molar-refractivity contribution in [3.05, 3.63) is 35.6 Å². The van der Waals surface area contributed by atoms with Gasteiger partial charge >= 0.3 is 0 Å². The van der Waals surface area contributed by atoms with Crippen LogP contribution in [0.15, 0.2) is 24.3 Å². The Morgan fingerprint density at radius 1 is 1.27 bits per heavy atom. The Kier molecular flexibility index (Phi) is 7.43. The number of sulfonamides is 1. The van der Waals surface area contributed by atoms with E-state index in [4.69, 9.17) is 4.74 Å². The lowest BCUT2D eigenvalue weighted by molar-refractivity contribution is -0.120. The lowest BCUT2D eigenvalue weighted by atomic mass is 10.1. The van der Waals surface area contributed by atoms with Crippen molar-refractivity contribution in [3.63, 3.8) is 0 Å². The Morgan fingerprint density at radius 2 is 1.91 bits per heavy atom. The molecule has 8 heteroatoms. The minimum Gasteiger partial charge on any atom is -0.383 e. The molecule has 0 unspecified atom stereocenters. The Hall–Kier alpha value is -1.51. The van der Waals surface area contributed by atoms with Crippen LogP contribution in [0.1, 0.15) is 5.56 Å². The molecule has 0 atom stereocenters. The number of halogens is 1. The second kappa shape index (κ2) is 8.82. The van der Waals surface area contributed by atoms with Gasteiger partial charge in [-0.15, -0.1) is 0 Å². The minimum absolute atomic E-state index is 0.122. The number of amides is 1. The number of carbonyl (C=O) groups is 1. The predicted molar refractivity (Wildman–Crippen MR) is 81.4 cm³/mol. The molecule has 0 heterocycles. The first-order valence-electron chi connectivity index (χ1n) is 6.78. The number of nitrogens with one attached hydrogen (secondary N) is 1. The Bertz CT molecular complexity index is 575. The molecule has 0 bridgehead atoms. The van der Waals surface area contributed by atoms with Crippen molar-refractivity contribution in [2.24, 2.45) is 0 Å². The van der Waals surface area contributed by atoms with Crippen molar-refractivity contribution in [1.29, 1.82) is 0 Å². The van der Waals surface area contributed by atoms with E-state index >= 15 is 0 Å². The Morgan fingerprint density at radius 3 is 2.45 bits per heavy atom. The van der Waals surface area contributed by atoms with Crippen LogP contribution in [-0.4, -0.2) is 58.2 Å². The molecule has 1 amide bonds. The van der Waals surface area contributed by atoms with E-state index in [0.29, 0.717) is 5.56 Å². The number of ether oxygens (including phenoxy) is 1. The largest absolute Gasteiger partial charge is 0.383 e. The number of hydrogen-bond donors (Lipinski definition) is 1. The topological polar surface area (TPSA) is 75.7 Å². The molecule has 0 radical (unpaired) electrons. The number of benzene rings is 1. The molecule has 0 aromatic heterocycles. The highest BCUT2D eigenvalue weighted by Crippen LogP contribution is 2.03. The first-order valence-corrected chi connectivity index (χ1v) is 8.63. The van der Waals surface area contributed by atoms with Crippen molar-refractivity contribution in [2.75, 3.05) is 39.6 Å². The quantitative estimate of drug-likeness (QED) is 0.710. The highest BCUT2D eigenvalue weighted by molar-refractivity contribution is 7.88. The van der Waals surface area contributed by atoms with Gasteiger partial charge in [-0.1, -0.05) is 12.1 Å². The monoisotopic (exact) mass is 332 g/mol. The van der Waals surface area contributed by atoms with Gasteiger partial charge in [0.1, 0.15) is 5.82 Å². The van der Waals surface area contributed by atoms with Gasteiger partial charge in [0.05, 0.1) is 19.3 Å². The molecular weight excluding hydrogens is 311 g/mol. The molecule has 1 aromatic rings. The summed E-state index contributed by atoms with van der Waals surface area (Å²) in [5.41, 5.74) is 0.693. The van der Waals surface area contributed by atoms with Crippen molar-refractivity contribution >= 4 is 15.9 Å². The number of rotatable bonds is 9. The zero-order valence-electron chi connectivity index (χ0n) is 12.7. The fourth-order valence-corrected chi connectivity index (χ4v) is 2.64. The molecule has 6 nitrogen and oxygen atoms in total. The van der Waals surface area contributed by atoms with E-state index < -0.39 is 10.0 Å². The average molecular weight is 332 g/mol. The molecule has 124 valence electrons. The van der Waals surface area contributed by atoms with Crippen LogP contribution in [0, 0.1) is 5.82 Å². The summed E-state index contributed by atoms with van der Waals surface area (Å²) in [6.07, 6.45) is 1.24. The van der Waals surface area contributed by atoms with Gasteiger partial charge in [0, 0.05) is 26.7 Å². The normalized spacial score (nSPS) is 11.6. The SMILES string of the molecule is COCCN(CCNC(=O)Cc1ccc(F)cc1)S(C)(=O)=O. The van der Waals surface area contributed by atoms with Crippen LogP contribution in [0.5, 0.6) is 0 Å². The van der Waals surface area contributed by atoms with Crippen molar-refractivity contribution in [3.8, 4) is 0 Å². The molecule has 22 heavy (non-hydrogen) atoms. The average Bonchev–Trinajstić information content (AvgIpc) is 2.43. The predicted octanol–water partition coefficient (Wildman–Crippen LogP) is 0.392. The van der Waals surface area contributed by atoms with Crippen LogP contribution in [0.4, 0.5) is 4.39 Å². The molecule has 0 fully saturated rings. The highest BCUT2D eigenvalue weighted by atomic mass is 32.2. The summed E-state index contributed by atoms with van der Waals surface area (Å²) in [6, 6.07) is 5.66. The van der Waals surface area contributed by atoms with Crippen molar-refractivity contribution < 1.29 is 22.3 Å². The first-order chi connectivity index (χ1) is 10.3. The zero-order chi connectivity index (χ0) is 16.6. The van der Waals surface area contributed by atoms with Crippen LogP contribution in [0.2, 0.25) is 0 Å². The smallest absolute Gasteiger partial charge is 0.224 e. The van der Waals surface area contributed by atoms with E-state index in [9.17, 15) is 17.6 Å². The van der Waals surface area contributed by atoms with Crippen LogP contribution in [0.3, 0.4) is 0 Å². The van der Waals surface area contributed by atoms with E-state index in [1.54, 1.807) is 0 Å². The molecule has 1 rings (SSSR count). The van der Waals surface area contributed by atoms with E-state index in [0.717, 1.165) is 6.26 Å². The highest BCUT2D eigenvalue weighted by Gasteiger charge is 2.16. The zero-order valence-corrected chi connectivity index (χ0v) is 13.5. The molecule has 0 saturated carbocycles. The van der Waals surface area contributed by atoms with E-state index in [1.807, 2.05) is 0 Å². The van der Waals surface area contributed by atoms with E-state index in [2.05, 4.69) is 5.32 Å². The second-order valence-electron chi connectivity index (χ2n) is 4.81. The molecular formula is C14H21FN2O4S. The van der Waals surface area contributed by atoms with Crippen molar-refractivity contribution in [2.45, 2.75) is 6.42 Å². The third-order valence-corrected chi connectivity index (χ3v) is 4.28. The van der Waals surface area contributed by atoms with Gasteiger partial charge in [-0.3, -0.25) is 4.79 Å². The third kappa shape index (κ3) is 6.97. The number of nitrogens with zero attached hydrogens (tertiary/aromatic N) is 1. The van der Waals surface area contributed by atoms with Crippen LogP contribution < -0.4 is 5.32 Å². The van der Waals surface area contributed by atoms with Gasteiger partial charge < -0.3 is 10.1 Å². The van der Waals surface area contributed by atoms with E-state index in [-0.39, 0.29) is 44.4 Å². The number of carbonyl (C=O) groups excluding carboxylic acids is 1. The van der Waals surface area contributed by atoms with Gasteiger partial charge in [0.15, 0.2) is 0 Å². The molecule has 0 aliphatic heterocycles. The molecule has 1 aromatic carbocycles. The van der Waals surface area contributed by atoms with Gasteiger partial charge in [-0.2, -0.15) is 4.31 Å². The molecule has 0 saturated heterocycles. The standard InChI is InChI=1S/C14H21FN2O4S/c1-21-10-9-17(22(2,19)20)8-7-16-14(18)11-12-3-5-13(15)6-4-12/h3-6H,7-11H2,1-2H3,(H,16,18). The summed E-state index contributed by atoms with van der Waals surface area (Å²) >= 11 is 0. The fourth-order valence-electron chi connectivity index (χ4n) is 1.81. The molecule has 0 aliphatic rings.